The van der Waals surface area contributed by atoms with E-state index in [2.05, 4.69) is 4.90 Å². The molecule has 6 nitrogen and oxygen atoms in total. The molecule has 0 aliphatic carbocycles. The fourth-order valence-electron chi connectivity index (χ4n) is 3.59. The van der Waals surface area contributed by atoms with E-state index >= 15 is 0 Å². The maximum absolute atomic E-state index is 12.7. The first-order valence-electron chi connectivity index (χ1n) is 9.41. The highest BCUT2D eigenvalue weighted by atomic mass is 16.6. The molecule has 142 valence electrons. The van der Waals surface area contributed by atoms with E-state index in [1.54, 1.807) is 0 Å². The first-order chi connectivity index (χ1) is 13.2. The van der Waals surface area contributed by atoms with Crippen molar-refractivity contribution >= 4 is 5.91 Å². The summed E-state index contributed by atoms with van der Waals surface area (Å²) in [6.45, 7) is 4.34. The van der Waals surface area contributed by atoms with Crippen molar-refractivity contribution in [2.45, 2.75) is 12.1 Å². The maximum Gasteiger partial charge on any atom is 0.244 e. The fourth-order valence-corrected chi connectivity index (χ4v) is 3.59. The second kappa shape index (κ2) is 7.98. The largest absolute Gasteiger partial charge is 0.486 e. The minimum Gasteiger partial charge on any atom is -0.486 e. The molecule has 1 amide bonds. The Bertz CT molecular complexity index is 775. The van der Waals surface area contributed by atoms with Crippen molar-refractivity contribution < 1.29 is 14.3 Å². The molecule has 6 heteroatoms. The number of ether oxygens (including phenoxy) is 2. The molecule has 0 bridgehead atoms. The van der Waals surface area contributed by atoms with Crippen molar-refractivity contribution in [3.8, 4) is 11.5 Å². The number of nitrogens with two attached hydrogens (primary N) is 1. The van der Waals surface area contributed by atoms with Crippen molar-refractivity contribution in [3.05, 3.63) is 60.2 Å². The summed E-state index contributed by atoms with van der Waals surface area (Å²) in [7, 11) is 0. The van der Waals surface area contributed by atoms with E-state index in [0.29, 0.717) is 19.7 Å². The van der Waals surface area contributed by atoms with Crippen molar-refractivity contribution in [2.24, 2.45) is 5.73 Å². The average Bonchev–Trinajstić information content (AvgIpc) is 2.74. The fraction of sp³-hybridized carbons (Fsp3) is 0.381. The Balaban J connectivity index is 1.27. The molecule has 2 aliphatic rings. The van der Waals surface area contributed by atoms with Crippen LogP contribution in [0, 0.1) is 0 Å². The van der Waals surface area contributed by atoms with E-state index in [0.717, 1.165) is 36.7 Å². The van der Waals surface area contributed by atoms with Gasteiger partial charge in [0.15, 0.2) is 11.5 Å². The Morgan fingerprint density at radius 2 is 1.67 bits per heavy atom. The first kappa shape index (κ1) is 17.8. The van der Waals surface area contributed by atoms with Gasteiger partial charge in [0.2, 0.25) is 5.91 Å². The van der Waals surface area contributed by atoms with Gasteiger partial charge < -0.3 is 20.1 Å². The van der Waals surface area contributed by atoms with Crippen LogP contribution in [0.2, 0.25) is 0 Å². The minimum atomic E-state index is -0.593. The molecule has 4 rings (SSSR count). The Labute approximate surface area is 159 Å². The molecule has 2 N–H and O–H groups in total. The number of carbonyl (C=O) groups excluding carboxylic acids is 1. The SMILES string of the molecule is NC(C(=O)N1CCN(CC2COc3ccccc3O2)CC1)c1ccccc1. The third kappa shape index (κ3) is 4.07. The average molecular weight is 367 g/mol. The summed E-state index contributed by atoms with van der Waals surface area (Å²) in [5.74, 6) is 1.60. The van der Waals surface area contributed by atoms with E-state index in [4.69, 9.17) is 15.2 Å². The Kier molecular flexibility index (Phi) is 5.27. The number of benzene rings is 2. The van der Waals surface area contributed by atoms with E-state index in [-0.39, 0.29) is 12.0 Å². The molecule has 0 spiro atoms. The number of rotatable bonds is 4. The third-order valence-corrected chi connectivity index (χ3v) is 5.14. The van der Waals surface area contributed by atoms with Crippen LogP contribution >= 0.6 is 0 Å². The highest BCUT2D eigenvalue weighted by molar-refractivity contribution is 5.83. The topological polar surface area (TPSA) is 68.0 Å². The molecule has 27 heavy (non-hydrogen) atoms. The lowest BCUT2D eigenvalue weighted by Gasteiger charge is -2.38. The Morgan fingerprint density at radius 1 is 1.00 bits per heavy atom. The first-order valence-corrected chi connectivity index (χ1v) is 9.41. The monoisotopic (exact) mass is 367 g/mol. The lowest BCUT2D eigenvalue weighted by Crippen LogP contribution is -2.53. The number of carbonyl (C=O) groups is 1. The van der Waals surface area contributed by atoms with Gasteiger partial charge in [-0.25, -0.2) is 0 Å². The molecule has 2 unspecified atom stereocenters. The molecule has 0 saturated carbocycles. The zero-order valence-corrected chi connectivity index (χ0v) is 15.3. The van der Waals surface area contributed by atoms with Crippen LogP contribution in [0.4, 0.5) is 0 Å². The molecule has 0 aromatic heterocycles. The molecule has 2 atom stereocenters. The minimum absolute atomic E-state index is 0.00738. The molecule has 2 heterocycles. The van der Waals surface area contributed by atoms with Crippen molar-refractivity contribution in [3.63, 3.8) is 0 Å². The lowest BCUT2D eigenvalue weighted by atomic mass is 10.1. The van der Waals surface area contributed by atoms with E-state index in [9.17, 15) is 4.79 Å². The predicted molar refractivity (Wildman–Crippen MR) is 103 cm³/mol. The number of hydrogen-bond acceptors (Lipinski definition) is 5. The van der Waals surface area contributed by atoms with Crippen LogP contribution in [-0.2, 0) is 4.79 Å². The summed E-state index contributed by atoms with van der Waals surface area (Å²) in [5, 5.41) is 0. The number of fused-ring (bicyclic) bond motifs is 1. The Morgan fingerprint density at radius 3 is 2.41 bits per heavy atom. The van der Waals surface area contributed by atoms with Crippen LogP contribution in [0.1, 0.15) is 11.6 Å². The molecular formula is C21H25N3O3. The summed E-state index contributed by atoms with van der Waals surface area (Å²) in [5.41, 5.74) is 7.02. The molecule has 2 aromatic rings. The van der Waals surface area contributed by atoms with Gasteiger partial charge in [-0.2, -0.15) is 0 Å². The summed E-state index contributed by atoms with van der Waals surface area (Å²) in [4.78, 5) is 16.9. The van der Waals surface area contributed by atoms with Gasteiger partial charge in [0.05, 0.1) is 0 Å². The number of nitrogens with zero attached hydrogens (tertiary/aromatic N) is 2. The lowest BCUT2D eigenvalue weighted by molar-refractivity contribution is -0.134. The number of hydrogen-bond donors (Lipinski definition) is 1. The van der Waals surface area contributed by atoms with E-state index < -0.39 is 6.04 Å². The van der Waals surface area contributed by atoms with Gasteiger partial charge in [-0.05, 0) is 17.7 Å². The van der Waals surface area contributed by atoms with Gasteiger partial charge in [-0.15, -0.1) is 0 Å². The second-order valence-corrected chi connectivity index (χ2v) is 7.01. The van der Waals surface area contributed by atoms with Crippen molar-refractivity contribution in [2.75, 3.05) is 39.3 Å². The van der Waals surface area contributed by atoms with Gasteiger partial charge in [-0.3, -0.25) is 9.69 Å². The van der Waals surface area contributed by atoms with Gasteiger partial charge in [0.1, 0.15) is 18.8 Å². The van der Waals surface area contributed by atoms with Crippen LogP contribution in [0.3, 0.4) is 0 Å². The second-order valence-electron chi connectivity index (χ2n) is 7.01. The Hall–Kier alpha value is -2.57. The van der Waals surface area contributed by atoms with Gasteiger partial charge >= 0.3 is 0 Å². The van der Waals surface area contributed by atoms with Gasteiger partial charge in [0.25, 0.3) is 0 Å². The molecule has 2 aliphatic heterocycles. The van der Waals surface area contributed by atoms with Crippen molar-refractivity contribution in [1.29, 1.82) is 0 Å². The van der Waals surface area contributed by atoms with Crippen molar-refractivity contribution in [1.82, 2.24) is 9.80 Å². The summed E-state index contributed by atoms with van der Waals surface area (Å²) in [6, 6.07) is 16.7. The van der Waals surface area contributed by atoms with Crippen LogP contribution in [0.25, 0.3) is 0 Å². The predicted octanol–water partition coefficient (Wildman–Crippen LogP) is 1.67. The standard InChI is InChI=1S/C21H25N3O3/c22-20(16-6-2-1-3-7-16)21(25)24-12-10-23(11-13-24)14-17-15-26-18-8-4-5-9-19(18)27-17/h1-9,17,20H,10-15,22H2. The van der Waals surface area contributed by atoms with Crippen LogP contribution < -0.4 is 15.2 Å². The number of piperazine rings is 1. The zero-order chi connectivity index (χ0) is 18.6. The quantitative estimate of drug-likeness (QED) is 0.890. The van der Waals surface area contributed by atoms with Crippen LogP contribution in [0.5, 0.6) is 11.5 Å². The van der Waals surface area contributed by atoms with Gasteiger partial charge in [0, 0.05) is 32.7 Å². The van der Waals surface area contributed by atoms with Gasteiger partial charge in [-0.1, -0.05) is 42.5 Å². The highest BCUT2D eigenvalue weighted by Gasteiger charge is 2.29. The number of para-hydroxylation sites is 2. The molecule has 0 radical (unpaired) electrons. The molecule has 1 fully saturated rings. The summed E-state index contributed by atoms with van der Waals surface area (Å²) < 4.78 is 11.8. The molecule has 1 saturated heterocycles. The number of amides is 1. The third-order valence-electron chi connectivity index (χ3n) is 5.14. The van der Waals surface area contributed by atoms with E-state index in [1.165, 1.54) is 0 Å². The molecule has 2 aromatic carbocycles. The smallest absolute Gasteiger partial charge is 0.244 e. The summed E-state index contributed by atoms with van der Waals surface area (Å²) in [6.07, 6.45) is 0.00808. The maximum atomic E-state index is 12.7. The summed E-state index contributed by atoms with van der Waals surface area (Å²) >= 11 is 0. The van der Waals surface area contributed by atoms with E-state index in [1.807, 2.05) is 59.5 Å². The normalized spacial score (nSPS) is 20.9. The highest BCUT2D eigenvalue weighted by Crippen LogP contribution is 2.31. The zero-order valence-electron chi connectivity index (χ0n) is 15.3. The van der Waals surface area contributed by atoms with Crippen LogP contribution in [-0.4, -0.2) is 61.1 Å². The van der Waals surface area contributed by atoms with Crippen LogP contribution in [0.15, 0.2) is 54.6 Å². The molecular weight excluding hydrogens is 342 g/mol.